The predicted octanol–water partition coefficient (Wildman–Crippen LogP) is 4.04. The summed E-state index contributed by atoms with van der Waals surface area (Å²) >= 11 is 10.7. The Kier molecular flexibility index (Phi) is 5.10. The average molecular weight is 330 g/mol. The first-order chi connectivity index (χ1) is 9.49. The Hall–Kier alpha value is -1.01. The van der Waals surface area contributed by atoms with Crippen LogP contribution in [-0.2, 0) is 11.2 Å². The van der Waals surface area contributed by atoms with E-state index in [0.717, 1.165) is 0 Å². The normalized spacial score (nSPS) is 12.5. The molecule has 0 aliphatic heterocycles. The monoisotopic (exact) mass is 329 g/mol. The molecule has 2 aromatic rings. The summed E-state index contributed by atoms with van der Waals surface area (Å²) in [5.41, 5.74) is 0.691. The lowest BCUT2D eigenvalue weighted by Crippen LogP contribution is -2.15. The molecule has 106 valence electrons. The molecule has 0 spiro atoms. The van der Waals surface area contributed by atoms with Gasteiger partial charge in [0.15, 0.2) is 10.7 Å². The van der Waals surface area contributed by atoms with Gasteiger partial charge in [-0.1, -0.05) is 23.7 Å². The third kappa shape index (κ3) is 3.55. The van der Waals surface area contributed by atoms with Crippen molar-refractivity contribution in [3.63, 3.8) is 0 Å². The smallest absolute Gasteiger partial charge is 0.224 e. The fourth-order valence-corrected chi connectivity index (χ4v) is 2.89. The number of anilines is 2. The number of nitrogens with one attached hydrogen (secondary N) is 1. The van der Waals surface area contributed by atoms with Crippen molar-refractivity contribution in [2.45, 2.75) is 24.0 Å². The number of para-hydroxylation sites is 1. The topological polar surface area (TPSA) is 60.9 Å². The third-order valence-electron chi connectivity index (χ3n) is 2.50. The summed E-state index contributed by atoms with van der Waals surface area (Å²) in [6.45, 7) is 3.81. The summed E-state index contributed by atoms with van der Waals surface area (Å²) in [4.78, 5) is 8.52. The van der Waals surface area contributed by atoms with Gasteiger partial charge in [-0.05, 0) is 48.8 Å². The van der Waals surface area contributed by atoms with Gasteiger partial charge < -0.3 is 9.87 Å². The van der Waals surface area contributed by atoms with Crippen molar-refractivity contribution in [2.75, 3.05) is 5.32 Å². The fourth-order valence-electron chi connectivity index (χ4n) is 1.56. The van der Waals surface area contributed by atoms with Crippen LogP contribution in [-0.4, -0.2) is 19.8 Å². The van der Waals surface area contributed by atoms with Crippen LogP contribution in [0.5, 0.6) is 0 Å². The van der Waals surface area contributed by atoms with Gasteiger partial charge in [-0.3, -0.25) is 0 Å². The number of benzene rings is 1. The number of rotatable bonds is 4. The molecule has 20 heavy (non-hydrogen) atoms. The van der Waals surface area contributed by atoms with Crippen LogP contribution in [0.3, 0.4) is 0 Å². The van der Waals surface area contributed by atoms with Gasteiger partial charge in [0.05, 0.1) is 11.9 Å². The summed E-state index contributed by atoms with van der Waals surface area (Å²) in [6.07, 6.45) is 1.42. The second-order valence-corrected chi connectivity index (χ2v) is 7.03. The van der Waals surface area contributed by atoms with Crippen LogP contribution < -0.4 is 5.32 Å². The highest BCUT2D eigenvalue weighted by molar-refractivity contribution is 7.92. The summed E-state index contributed by atoms with van der Waals surface area (Å²) < 4.78 is 12.3. The van der Waals surface area contributed by atoms with Crippen molar-refractivity contribution < 1.29 is 4.55 Å². The van der Waals surface area contributed by atoms with Crippen molar-refractivity contribution in [2.24, 2.45) is 0 Å². The molecule has 1 aromatic carbocycles. The second-order valence-electron chi connectivity index (χ2n) is 4.30. The number of halogens is 2. The molecule has 1 aromatic heterocycles. The van der Waals surface area contributed by atoms with Crippen molar-refractivity contribution in [3.05, 3.63) is 40.8 Å². The van der Waals surface area contributed by atoms with Gasteiger partial charge >= 0.3 is 0 Å². The van der Waals surface area contributed by atoms with Gasteiger partial charge in [-0.25, -0.2) is 4.98 Å². The molecule has 0 aliphatic rings. The van der Waals surface area contributed by atoms with Gasteiger partial charge in [0, 0.05) is 0 Å². The first kappa shape index (κ1) is 15.4. The molecule has 0 radical (unpaired) electrons. The predicted molar refractivity (Wildman–Crippen MR) is 83.3 cm³/mol. The number of hydrogen-bond acceptors (Lipinski definition) is 4. The third-order valence-corrected chi connectivity index (χ3v) is 4.60. The number of nitrogens with zero attached hydrogens (tertiary/aromatic N) is 2. The zero-order valence-corrected chi connectivity index (χ0v) is 13.3. The van der Waals surface area contributed by atoms with Crippen molar-refractivity contribution in [1.29, 1.82) is 0 Å². The Morgan fingerprint density at radius 1 is 1.25 bits per heavy atom. The first-order valence-electron chi connectivity index (χ1n) is 5.93. The lowest BCUT2D eigenvalue weighted by Gasteiger charge is -2.17. The molecule has 0 saturated carbocycles. The van der Waals surface area contributed by atoms with Gasteiger partial charge in [-0.15, -0.1) is 0 Å². The summed E-state index contributed by atoms with van der Waals surface area (Å²) in [5.74, 6) is 0.389. The largest absolute Gasteiger partial charge is 0.611 e. The van der Waals surface area contributed by atoms with E-state index in [-0.39, 0.29) is 10.5 Å². The van der Waals surface area contributed by atoms with E-state index in [1.54, 1.807) is 0 Å². The molecule has 0 fully saturated rings. The second kappa shape index (κ2) is 6.63. The van der Waals surface area contributed by atoms with E-state index in [1.807, 2.05) is 38.1 Å². The van der Waals surface area contributed by atoms with E-state index in [0.29, 0.717) is 21.4 Å². The lowest BCUT2D eigenvalue weighted by molar-refractivity contribution is 0.587. The van der Waals surface area contributed by atoms with Gasteiger partial charge in [0.1, 0.15) is 10.3 Å². The molecule has 1 N–H and O–H groups in total. The molecule has 0 amide bonds. The van der Waals surface area contributed by atoms with Crippen LogP contribution in [0.25, 0.3) is 0 Å². The van der Waals surface area contributed by atoms with Crippen LogP contribution in [0.15, 0.2) is 35.4 Å². The van der Waals surface area contributed by atoms with Crippen molar-refractivity contribution in [1.82, 2.24) is 9.97 Å². The molecule has 4 nitrogen and oxygen atoms in total. The number of aromatic nitrogens is 2. The van der Waals surface area contributed by atoms with E-state index >= 15 is 0 Å². The first-order valence-corrected chi connectivity index (χ1v) is 7.90. The van der Waals surface area contributed by atoms with Crippen LogP contribution in [0, 0.1) is 0 Å². The maximum absolute atomic E-state index is 12.3. The average Bonchev–Trinajstić information content (AvgIpc) is 2.42. The molecule has 1 heterocycles. The molecule has 0 aliphatic carbocycles. The van der Waals surface area contributed by atoms with E-state index < -0.39 is 11.2 Å². The molecule has 2 rings (SSSR count). The molecule has 1 atom stereocenters. The highest BCUT2D eigenvalue weighted by Gasteiger charge is 2.20. The van der Waals surface area contributed by atoms with Gasteiger partial charge in [-0.2, -0.15) is 4.98 Å². The zero-order valence-electron chi connectivity index (χ0n) is 10.9. The standard InChI is InChI=1S/C13H13Cl2N3OS/c1-8(2)20(19)11-6-4-3-5-10(11)17-12-9(14)7-16-13(15)18-12/h3-8H,1-2H3,(H,16,17,18)/t20-/m0/s1. The lowest BCUT2D eigenvalue weighted by atomic mass is 10.3. The molecule has 0 saturated heterocycles. The molecular weight excluding hydrogens is 317 g/mol. The molecule has 0 unspecified atom stereocenters. The summed E-state index contributed by atoms with van der Waals surface area (Å²) in [6, 6.07) is 7.33. The minimum atomic E-state index is -1.11. The quantitative estimate of drug-likeness (QED) is 0.679. The zero-order chi connectivity index (χ0) is 14.7. The maximum atomic E-state index is 12.3. The maximum Gasteiger partial charge on any atom is 0.224 e. The van der Waals surface area contributed by atoms with Crippen molar-refractivity contribution in [3.8, 4) is 0 Å². The van der Waals surface area contributed by atoms with E-state index in [1.165, 1.54) is 6.20 Å². The highest BCUT2D eigenvalue weighted by atomic mass is 35.5. The molecular formula is C13H13Cl2N3OS. The summed E-state index contributed by atoms with van der Waals surface area (Å²) in [7, 11) is 0. The Morgan fingerprint density at radius 2 is 1.95 bits per heavy atom. The molecule has 7 heteroatoms. The Morgan fingerprint density at radius 3 is 2.65 bits per heavy atom. The van der Waals surface area contributed by atoms with Gasteiger partial charge in [0.25, 0.3) is 0 Å². The van der Waals surface area contributed by atoms with Crippen LogP contribution in [0.1, 0.15) is 13.8 Å². The van der Waals surface area contributed by atoms with Crippen LogP contribution in [0.2, 0.25) is 10.3 Å². The van der Waals surface area contributed by atoms with Crippen molar-refractivity contribution >= 4 is 45.9 Å². The van der Waals surface area contributed by atoms with Crippen LogP contribution in [0.4, 0.5) is 11.5 Å². The fraction of sp³-hybridized carbons (Fsp3) is 0.231. The molecule has 0 bridgehead atoms. The van der Waals surface area contributed by atoms with E-state index in [4.69, 9.17) is 23.2 Å². The van der Waals surface area contributed by atoms with E-state index in [2.05, 4.69) is 15.3 Å². The highest BCUT2D eigenvalue weighted by Crippen LogP contribution is 2.29. The summed E-state index contributed by atoms with van der Waals surface area (Å²) in [5, 5.41) is 3.52. The van der Waals surface area contributed by atoms with Gasteiger partial charge in [0.2, 0.25) is 5.28 Å². The SMILES string of the molecule is CC(C)[S@+]([O-])c1ccccc1Nc1nc(Cl)ncc1Cl. The Labute approximate surface area is 130 Å². The number of hydrogen-bond donors (Lipinski definition) is 1. The minimum absolute atomic E-state index is 0.0161. The van der Waals surface area contributed by atoms with Crippen LogP contribution >= 0.6 is 23.2 Å². The Bertz CT molecular complexity index is 610. The van der Waals surface area contributed by atoms with E-state index in [9.17, 15) is 4.55 Å². The minimum Gasteiger partial charge on any atom is -0.611 e. The Balaban J connectivity index is 2.36.